The summed E-state index contributed by atoms with van der Waals surface area (Å²) in [7, 11) is -3.33. The van der Waals surface area contributed by atoms with Gasteiger partial charge in [0.05, 0.1) is 11.4 Å². The molecular formula is C14H21N3O3S2. The molecular weight excluding hydrogens is 322 g/mol. The summed E-state index contributed by atoms with van der Waals surface area (Å²) in [5.41, 5.74) is 1.04. The molecule has 2 N–H and O–H groups in total. The first-order chi connectivity index (χ1) is 10.5. The molecule has 6 nitrogen and oxygen atoms in total. The third kappa shape index (κ3) is 5.10. The molecule has 0 bridgehead atoms. The van der Waals surface area contributed by atoms with E-state index in [0.29, 0.717) is 17.8 Å². The summed E-state index contributed by atoms with van der Waals surface area (Å²) in [6.07, 6.45) is 0.554. The van der Waals surface area contributed by atoms with Gasteiger partial charge in [0.25, 0.3) is 0 Å². The standard InChI is InChI=1S/C14H21N3O3S2/c1-2-10-22(19,20)16-13-5-3-4-12(11-13)15-14(18)17-6-8-21-9-7-17/h3-5,11,16H,2,6-10H2,1H3,(H,15,18). The van der Waals surface area contributed by atoms with Crippen molar-refractivity contribution in [2.24, 2.45) is 0 Å². The van der Waals surface area contributed by atoms with Crippen LogP contribution in [0.5, 0.6) is 0 Å². The summed E-state index contributed by atoms with van der Waals surface area (Å²) in [5.74, 6) is 1.98. The fourth-order valence-electron chi connectivity index (χ4n) is 2.13. The van der Waals surface area contributed by atoms with Gasteiger partial charge in [0, 0.05) is 30.3 Å². The largest absolute Gasteiger partial charge is 0.323 e. The molecule has 0 aliphatic carbocycles. The minimum Gasteiger partial charge on any atom is -0.323 e. The van der Waals surface area contributed by atoms with Crippen LogP contribution < -0.4 is 10.0 Å². The Labute approximate surface area is 135 Å². The first kappa shape index (κ1) is 17.0. The highest BCUT2D eigenvalue weighted by Crippen LogP contribution is 2.18. The van der Waals surface area contributed by atoms with Gasteiger partial charge in [0.15, 0.2) is 0 Å². The third-order valence-corrected chi connectivity index (χ3v) is 5.59. The number of sulfonamides is 1. The van der Waals surface area contributed by atoms with Crippen LogP contribution in [0.15, 0.2) is 24.3 Å². The quantitative estimate of drug-likeness (QED) is 0.860. The Morgan fingerprint density at radius 2 is 1.95 bits per heavy atom. The molecule has 2 amide bonds. The predicted molar refractivity (Wildman–Crippen MR) is 92.1 cm³/mol. The van der Waals surface area contributed by atoms with E-state index >= 15 is 0 Å². The summed E-state index contributed by atoms with van der Waals surface area (Å²) >= 11 is 1.84. The average Bonchev–Trinajstić information content (AvgIpc) is 2.48. The molecule has 1 heterocycles. The number of benzene rings is 1. The highest BCUT2D eigenvalue weighted by molar-refractivity contribution is 7.99. The van der Waals surface area contributed by atoms with E-state index in [-0.39, 0.29) is 11.8 Å². The second-order valence-corrected chi connectivity index (χ2v) is 8.10. The number of hydrogen-bond acceptors (Lipinski definition) is 4. The van der Waals surface area contributed by atoms with Crippen molar-refractivity contribution in [1.82, 2.24) is 4.90 Å². The molecule has 0 radical (unpaired) electrons. The summed E-state index contributed by atoms with van der Waals surface area (Å²) in [6.45, 7) is 3.28. The van der Waals surface area contributed by atoms with Crippen LogP contribution in [0.3, 0.4) is 0 Å². The fourth-order valence-corrected chi connectivity index (χ4v) is 4.16. The maximum absolute atomic E-state index is 12.1. The van der Waals surface area contributed by atoms with Gasteiger partial charge in [-0.2, -0.15) is 11.8 Å². The van der Waals surface area contributed by atoms with Crippen molar-refractivity contribution in [3.8, 4) is 0 Å². The summed E-state index contributed by atoms with van der Waals surface area (Å²) in [6, 6.07) is 6.61. The minimum atomic E-state index is -3.33. The van der Waals surface area contributed by atoms with Gasteiger partial charge in [-0.05, 0) is 24.6 Å². The van der Waals surface area contributed by atoms with Gasteiger partial charge in [-0.15, -0.1) is 0 Å². The Hall–Kier alpha value is -1.41. The number of carbonyl (C=O) groups excluding carboxylic acids is 1. The molecule has 1 aromatic carbocycles. The predicted octanol–water partition coefficient (Wildman–Crippen LogP) is 2.42. The molecule has 0 unspecified atom stereocenters. The van der Waals surface area contributed by atoms with Gasteiger partial charge >= 0.3 is 6.03 Å². The van der Waals surface area contributed by atoms with Crippen LogP contribution in [0, 0.1) is 0 Å². The van der Waals surface area contributed by atoms with E-state index in [1.807, 2.05) is 18.7 Å². The molecule has 1 aromatic rings. The molecule has 1 fully saturated rings. The zero-order chi connectivity index (χ0) is 16.0. The first-order valence-electron chi connectivity index (χ1n) is 7.24. The molecule has 122 valence electrons. The summed E-state index contributed by atoms with van der Waals surface area (Å²) in [5, 5.41) is 2.81. The van der Waals surface area contributed by atoms with E-state index in [1.165, 1.54) is 0 Å². The Morgan fingerprint density at radius 3 is 2.64 bits per heavy atom. The Balaban J connectivity index is 2.00. The van der Waals surface area contributed by atoms with Crippen LogP contribution in [-0.4, -0.2) is 49.7 Å². The number of nitrogens with one attached hydrogen (secondary N) is 2. The molecule has 8 heteroatoms. The second kappa shape index (κ2) is 7.73. The number of urea groups is 1. The molecule has 1 saturated heterocycles. The van der Waals surface area contributed by atoms with Crippen molar-refractivity contribution in [3.63, 3.8) is 0 Å². The van der Waals surface area contributed by atoms with Gasteiger partial charge in [-0.3, -0.25) is 4.72 Å². The van der Waals surface area contributed by atoms with E-state index in [2.05, 4.69) is 10.0 Å². The van der Waals surface area contributed by atoms with E-state index in [9.17, 15) is 13.2 Å². The maximum Gasteiger partial charge on any atom is 0.321 e. The topological polar surface area (TPSA) is 78.5 Å². The van der Waals surface area contributed by atoms with E-state index < -0.39 is 10.0 Å². The van der Waals surface area contributed by atoms with Crippen LogP contribution in [-0.2, 0) is 10.0 Å². The number of hydrogen-bond donors (Lipinski definition) is 2. The smallest absolute Gasteiger partial charge is 0.321 e. The van der Waals surface area contributed by atoms with Gasteiger partial charge in [-0.1, -0.05) is 13.0 Å². The summed E-state index contributed by atoms with van der Waals surface area (Å²) < 4.78 is 26.1. The van der Waals surface area contributed by atoms with Crippen LogP contribution in [0.1, 0.15) is 13.3 Å². The third-order valence-electron chi connectivity index (χ3n) is 3.16. The van der Waals surface area contributed by atoms with Crippen molar-refractivity contribution < 1.29 is 13.2 Å². The van der Waals surface area contributed by atoms with Crippen LogP contribution in [0.2, 0.25) is 0 Å². The van der Waals surface area contributed by atoms with Crippen LogP contribution in [0.4, 0.5) is 16.2 Å². The highest BCUT2D eigenvalue weighted by Gasteiger charge is 2.17. The van der Waals surface area contributed by atoms with Gasteiger partial charge in [0.2, 0.25) is 10.0 Å². The molecule has 0 aromatic heterocycles. The van der Waals surface area contributed by atoms with Crippen molar-refractivity contribution >= 4 is 39.2 Å². The zero-order valence-electron chi connectivity index (χ0n) is 12.5. The first-order valence-corrected chi connectivity index (χ1v) is 10.0. The number of rotatable bonds is 5. The monoisotopic (exact) mass is 343 g/mol. The minimum absolute atomic E-state index is 0.0784. The Kier molecular flexibility index (Phi) is 5.96. The molecule has 0 atom stereocenters. The van der Waals surface area contributed by atoms with Crippen molar-refractivity contribution in [1.29, 1.82) is 0 Å². The van der Waals surface area contributed by atoms with Crippen molar-refractivity contribution in [2.45, 2.75) is 13.3 Å². The molecule has 22 heavy (non-hydrogen) atoms. The van der Waals surface area contributed by atoms with Crippen LogP contribution in [0.25, 0.3) is 0 Å². The fraction of sp³-hybridized carbons (Fsp3) is 0.500. The Morgan fingerprint density at radius 1 is 1.27 bits per heavy atom. The lowest BCUT2D eigenvalue weighted by Gasteiger charge is -2.26. The van der Waals surface area contributed by atoms with Crippen LogP contribution >= 0.6 is 11.8 Å². The van der Waals surface area contributed by atoms with E-state index in [0.717, 1.165) is 24.6 Å². The lowest BCUT2D eigenvalue weighted by Crippen LogP contribution is -2.40. The lowest BCUT2D eigenvalue weighted by atomic mass is 10.3. The molecule has 1 aliphatic rings. The highest BCUT2D eigenvalue weighted by atomic mass is 32.2. The maximum atomic E-state index is 12.1. The zero-order valence-corrected chi connectivity index (χ0v) is 14.2. The van der Waals surface area contributed by atoms with Gasteiger partial charge in [0.1, 0.15) is 0 Å². The molecule has 2 rings (SSSR count). The second-order valence-electron chi connectivity index (χ2n) is 5.03. The summed E-state index contributed by atoms with van der Waals surface area (Å²) in [4.78, 5) is 13.9. The number of nitrogens with zero attached hydrogens (tertiary/aromatic N) is 1. The van der Waals surface area contributed by atoms with E-state index in [1.54, 1.807) is 29.2 Å². The SMILES string of the molecule is CCCS(=O)(=O)Nc1cccc(NC(=O)N2CCSCC2)c1. The molecule has 0 saturated carbocycles. The van der Waals surface area contributed by atoms with Crippen molar-refractivity contribution in [2.75, 3.05) is 40.4 Å². The normalized spacial score (nSPS) is 15.4. The van der Waals surface area contributed by atoms with Gasteiger partial charge < -0.3 is 10.2 Å². The molecule has 0 spiro atoms. The number of carbonyl (C=O) groups is 1. The number of thioether (sulfide) groups is 1. The number of anilines is 2. The molecule has 1 aliphatic heterocycles. The lowest BCUT2D eigenvalue weighted by molar-refractivity contribution is 0.217. The van der Waals surface area contributed by atoms with Crippen molar-refractivity contribution in [3.05, 3.63) is 24.3 Å². The van der Waals surface area contributed by atoms with Gasteiger partial charge in [-0.25, -0.2) is 13.2 Å². The Bertz CT molecular complexity index is 614. The number of amides is 2. The van der Waals surface area contributed by atoms with E-state index in [4.69, 9.17) is 0 Å². The average molecular weight is 343 g/mol.